The van der Waals surface area contributed by atoms with Crippen LogP contribution in [0.1, 0.15) is 129 Å². The van der Waals surface area contributed by atoms with Crippen molar-refractivity contribution in [2.24, 2.45) is 11.8 Å². The minimum absolute atomic E-state index is 1.05. The predicted octanol–water partition coefficient (Wildman–Crippen LogP) is 8.95. The molecule has 2 atom stereocenters. The van der Waals surface area contributed by atoms with Crippen LogP contribution < -0.4 is 0 Å². The largest absolute Gasteiger partial charge is 0.0654 e. The maximum Gasteiger partial charge on any atom is -0.0386 e. The first-order chi connectivity index (χ1) is 11.8. The van der Waals surface area contributed by atoms with E-state index >= 15 is 0 Å². The molecule has 1 aliphatic rings. The Balaban J connectivity index is 0.000000441. The monoisotopic (exact) mass is 336 g/mol. The predicted molar refractivity (Wildman–Crippen MR) is 112 cm³/mol. The van der Waals surface area contributed by atoms with Crippen molar-refractivity contribution >= 4 is 0 Å². The van der Waals surface area contributed by atoms with Crippen molar-refractivity contribution in [2.45, 2.75) is 129 Å². The highest BCUT2D eigenvalue weighted by atomic mass is 14.3. The van der Waals surface area contributed by atoms with Gasteiger partial charge in [-0.2, -0.15) is 0 Å². The molecule has 0 spiro atoms. The van der Waals surface area contributed by atoms with Gasteiger partial charge in [0.05, 0.1) is 0 Å². The Labute approximate surface area is 155 Å². The van der Waals surface area contributed by atoms with E-state index in [0.29, 0.717) is 0 Å². The molecule has 1 rings (SSSR count). The summed E-state index contributed by atoms with van der Waals surface area (Å²) in [5, 5.41) is 0. The van der Waals surface area contributed by atoms with Crippen molar-refractivity contribution < 1.29 is 0 Å². The first kappa shape index (κ1) is 24.0. The zero-order valence-electron chi connectivity index (χ0n) is 17.3. The minimum Gasteiger partial charge on any atom is -0.0654 e. The standard InChI is InChI=1S/C12H23.C12H25/c1-3-5-8-12-10-7-6-9-11(12)4-2;1-3-5-7-9-11-12-10-8-6-4-2/h11-12H,1,3-10H2,2H3;1,3-12H2,2H3. The summed E-state index contributed by atoms with van der Waals surface area (Å²) < 4.78 is 0. The topological polar surface area (TPSA) is 0 Å². The van der Waals surface area contributed by atoms with Crippen LogP contribution in [0.2, 0.25) is 0 Å². The summed E-state index contributed by atoms with van der Waals surface area (Å²) in [7, 11) is 0. The normalized spacial score (nSPS) is 20.5. The van der Waals surface area contributed by atoms with Crippen LogP contribution >= 0.6 is 0 Å². The van der Waals surface area contributed by atoms with Gasteiger partial charge < -0.3 is 0 Å². The molecule has 0 amide bonds. The summed E-state index contributed by atoms with van der Waals surface area (Å²) in [5.41, 5.74) is 0. The molecule has 24 heavy (non-hydrogen) atoms. The Morgan fingerprint density at radius 2 is 1.12 bits per heavy atom. The van der Waals surface area contributed by atoms with Gasteiger partial charge >= 0.3 is 0 Å². The Bertz CT molecular complexity index is 210. The number of unbranched alkanes of at least 4 members (excludes halogenated alkanes) is 10. The highest BCUT2D eigenvalue weighted by molar-refractivity contribution is 4.74. The molecular weight excluding hydrogens is 288 g/mol. The SMILES string of the molecule is [CH2]CCCC1CCCCC1CC.[CH2]CCCCCCCCCCC. The highest BCUT2D eigenvalue weighted by Crippen LogP contribution is 2.35. The summed E-state index contributed by atoms with van der Waals surface area (Å²) in [6.45, 7) is 12.4. The van der Waals surface area contributed by atoms with Gasteiger partial charge in [-0.05, 0) is 11.8 Å². The zero-order valence-corrected chi connectivity index (χ0v) is 17.3. The Kier molecular flexibility index (Phi) is 19.3. The van der Waals surface area contributed by atoms with Crippen LogP contribution in [0.25, 0.3) is 0 Å². The van der Waals surface area contributed by atoms with Gasteiger partial charge in [-0.25, -0.2) is 0 Å². The fraction of sp³-hybridized carbons (Fsp3) is 0.917. The number of rotatable bonds is 13. The molecular formula is C24H48. The van der Waals surface area contributed by atoms with Crippen LogP contribution in [-0.2, 0) is 0 Å². The van der Waals surface area contributed by atoms with Crippen LogP contribution in [0.3, 0.4) is 0 Å². The van der Waals surface area contributed by atoms with Crippen LogP contribution in [0.4, 0.5) is 0 Å². The smallest absolute Gasteiger partial charge is 0.0386 e. The molecule has 0 saturated heterocycles. The van der Waals surface area contributed by atoms with E-state index < -0.39 is 0 Å². The molecule has 1 aliphatic carbocycles. The average molecular weight is 337 g/mol. The lowest BCUT2D eigenvalue weighted by Gasteiger charge is -2.30. The lowest BCUT2D eigenvalue weighted by Crippen LogP contribution is -2.18. The van der Waals surface area contributed by atoms with E-state index in [4.69, 9.17) is 0 Å². The van der Waals surface area contributed by atoms with Crippen LogP contribution in [0.15, 0.2) is 0 Å². The van der Waals surface area contributed by atoms with Gasteiger partial charge in [0.2, 0.25) is 0 Å². The van der Waals surface area contributed by atoms with Crippen LogP contribution in [0, 0.1) is 25.7 Å². The Hall–Kier alpha value is 0. The molecule has 0 bridgehead atoms. The summed E-state index contributed by atoms with van der Waals surface area (Å²) >= 11 is 0. The van der Waals surface area contributed by atoms with Crippen LogP contribution in [-0.4, -0.2) is 0 Å². The van der Waals surface area contributed by atoms with Crippen LogP contribution in [0.5, 0.6) is 0 Å². The molecule has 0 aromatic heterocycles. The van der Waals surface area contributed by atoms with E-state index in [1.807, 2.05) is 0 Å². The molecule has 144 valence electrons. The summed E-state index contributed by atoms with van der Waals surface area (Å²) in [5.74, 6) is 2.09. The van der Waals surface area contributed by atoms with Crippen molar-refractivity contribution in [3.63, 3.8) is 0 Å². The maximum atomic E-state index is 3.92. The van der Waals surface area contributed by atoms with E-state index in [9.17, 15) is 0 Å². The van der Waals surface area contributed by atoms with E-state index in [0.717, 1.165) is 24.7 Å². The molecule has 0 aromatic carbocycles. The first-order valence-corrected chi connectivity index (χ1v) is 11.4. The van der Waals surface area contributed by atoms with Crippen molar-refractivity contribution in [2.75, 3.05) is 0 Å². The number of hydrogen-bond donors (Lipinski definition) is 0. The minimum atomic E-state index is 1.05. The van der Waals surface area contributed by atoms with Gasteiger partial charge in [-0.3, -0.25) is 0 Å². The zero-order chi connectivity index (χ0) is 17.9. The third kappa shape index (κ3) is 14.4. The molecule has 0 heteroatoms. The number of hydrogen-bond acceptors (Lipinski definition) is 0. The molecule has 0 heterocycles. The molecule has 1 saturated carbocycles. The molecule has 0 aliphatic heterocycles. The molecule has 0 N–H and O–H groups in total. The maximum absolute atomic E-state index is 3.92. The van der Waals surface area contributed by atoms with Gasteiger partial charge in [0, 0.05) is 0 Å². The van der Waals surface area contributed by atoms with Crippen molar-refractivity contribution in [1.82, 2.24) is 0 Å². The average Bonchev–Trinajstić information content (AvgIpc) is 2.63. The lowest BCUT2D eigenvalue weighted by molar-refractivity contribution is 0.215. The first-order valence-electron chi connectivity index (χ1n) is 11.4. The van der Waals surface area contributed by atoms with E-state index in [2.05, 4.69) is 27.7 Å². The fourth-order valence-corrected chi connectivity index (χ4v) is 4.10. The van der Waals surface area contributed by atoms with Crippen molar-refractivity contribution in [1.29, 1.82) is 0 Å². The second-order valence-electron chi connectivity index (χ2n) is 7.89. The van der Waals surface area contributed by atoms with E-state index in [1.54, 1.807) is 0 Å². The summed E-state index contributed by atoms with van der Waals surface area (Å²) in [6, 6.07) is 0. The highest BCUT2D eigenvalue weighted by Gasteiger charge is 2.22. The van der Waals surface area contributed by atoms with Crippen molar-refractivity contribution in [3.8, 4) is 0 Å². The van der Waals surface area contributed by atoms with Gasteiger partial charge in [0.25, 0.3) is 0 Å². The Morgan fingerprint density at radius 3 is 1.62 bits per heavy atom. The second-order valence-corrected chi connectivity index (χ2v) is 7.89. The fourth-order valence-electron chi connectivity index (χ4n) is 4.10. The summed E-state index contributed by atoms with van der Waals surface area (Å²) in [4.78, 5) is 0. The molecule has 2 radical (unpaired) electrons. The molecule has 2 unspecified atom stereocenters. The Morgan fingerprint density at radius 1 is 0.625 bits per heavy atom. The van der Waals surface area contributed by atoms with Gasteiger partial charge in [-0.15, -0.1) is 0 Å². The molecule has 0 nitrogen and oxygen atoms in total. The second kappa shape index (κ2) is 19.3. The lowest BCUT2D eigenvalue weighted by atomic mass is 9.75. The third-order valence-corrected chi connectivity index (χ3v) is 5.77. The summed E-state index contributed by atoms with van der Waals surface area (Å²) in [6.07, 6.45) is 25.2. The van der Waals surface area contributed by atoms with Crippen molar-refractivity contribution in [3.05, 3.63) is 13.8 Å². The molecule has 1 fully saturated rings. The van der Waals surface area contributed by atoms with Gasteiger partial charge in [0.15, 0.2) is 0 Å². The van der Waals surface area contributed by atoms with E-state index in [1.165, 1.54) is 103 Å². The molecule has 0 aromatic rings. The van der Waals surface area contributed by atoms with Gasteiger partial charge in [-0.1, -0.05) is 143 Å². The third-order valence-electron chi connectivity index (χ3n) is 5.77. The van der Waals surface area contributed by atoms with Gasteiger partial charge in [0.1, 0.15) is 0 Å². The quantitative estimate of drug-likeness (QED) is 0.294. The van der Waals surface area contributed by atoms with E-state index in [-0.39, 0.29) is 0 Å².